The quantitative estimate of drug-likeness (QED) is 0.510. The molecule has 2 saturated heterocycles. The first-order valence-electron chi connectivity index (χ1n) is 12.6. The Kier molecular flexibility index (Phi) is 5.87. The van der Waals surface area contributed by atoms with Gasteiger partial charge in [-0.25, -0.2) is 0 Å². The van der Waals surface area contributed by atoms with Crippen molar-refractivity contribution in [3.63, 3.8) is 0 Å². The number of aliphatic hydroxyl groups is 1. The molecule has 0 aromatic heterocycles. The van der Waals surface area contributed by atoms with Crippen LogP contribution in [0.15, 0.2) is 54.6 Å². The SMILES string of the molecule is CC[C@]12C=CCOC(=O)[C@H]1[C@H]1C(=O)N([C@H](CO)c3ccccc3)C3C(=O)N(C(C)(C)C)CC=C[C@@]31O2. The van der Waals surface area contributed by atoms with Crippen LogP contribution in [0.3, 0.4) is 0 Å². The van der Waals surface area contributed by atoms with Gasteiger partial charge in [0.05, 0.1) is 18.6 Å². The number of aliphatic hydroxyl groups excluding tert-OH is 1. The van der Waals surface area contributed by atoms with Crippen LogP contribution >= 0.6 is 0 Å². The van der Waals surface area contributed by atoms with E-state index >= 15 is 0 Å². The number of hydrogen-bond donors (Lipinski definition) is 1. The van der Waals surface area contributed by atoms with Gasteiger partial charge in [-0.15, -0.1) is 0 Å². The second kappa shape index (κ2) is 8.56. The highest BCUT2D eigenvalue weighted by Crippen LogP contribution is 2.59. The van der Waals surface area contributed by atoms with Gasteiger partial charge in [-0.1, -0.05) is 55.5 Å². The van der Waals surface area contributed by atoms with Crippen molar-refractivity contribution in [3.05, 3.63) is 60.2 Å². The number of nitrogens with zero attached hydrogens (tertiary/aromatic N) is 2. The van der Waals surface area contributed by atoms with E-state index in [9.17, 15) is 19.5 Å². The average Bonchev–Trinajstić information content (AvgIpc) is 3.11. The number of hydrogen-bond acceptors (Lipinski definition) is 6. The highest BCUT2D eigenvalue weighted by Gasteiger charge is 2.76. The third-order valence-corrected chi connectivity index (χ3v) is 8.14. The topological polar surface area (TPSA) is 96.4 Å². The van der Waals surface area contributed by atoms with Crippen molar-refractivity contribution in [1.29, 1.82) is 0 Å². The van der Waals surface area contributed by atoms with Gasteiger partial charge in [0.15, 0.2) is 0 Å². The van der Waals surface area contributed by atoms with E-state index in [0.717, 1.165) is 0 Å². The van der Waals surface area contributed by atoms with Gasteiger partial charge in [-0.3, -0.25) is 14.4 Å². The van der Waals surface area contributed by atoms with E-state index < -0.39 is 46.6 Å². The fourth-order valence-corrected chi connectivity index (χ4v) is 6.50. The maximum Gasteiger partial charge on any atom is 0.313 e. The fourth-order valence-electron chi connectivity index (χ4n) is 6.50. The van der Waals surface area contributed by atoms with Crippen LogP contribution in [0.1, 0.15) is 45.7 Å². The van der Waals surface area contributed by atoms with Gasteiger partial charge in [-0.2, -0.15) is 0 Å². The molecule has 1 N–H and O–H groups in total. The van der Waals surface area contributed by atoms with Crippen molar-refractivity contribution in [2.45, 2.75) is 62.9 Å². The molecule has 4 aliphatic rings. The minimum Gasteiger partial charge on any atom is -0.461 e. The lowest BCUT2D eigenvalue weighted by Crippen LogP contribution is -2.59. The van der Waals surface area contributed by atoms with E-state index in [1.165, 1.54) is 4.90 Å². The number of likely N-dealkylation sites (tertiary alicyclic amines) is 1. The summed E-state index contributed by atoms with van der Waals surface area (Å²) >= 11 is 0. The van der Waals surface area contributed by atoms with Gasteiger partial charge in [0.25, 0.3) is 0 Å². The van der Waals surface area contributed by atoms with Gasteiger partial charge >= 0.3 is 5.97 Å². The lowest BCUT2D eigenvalue weighted by atomic mass is 9.73. The molecule has 6 atom stereocenters. The van der Waals surface area contributed by atoms with Crippen LogP contribution in [0.25, 0.3) is 0 Å². The normalized spacial score (nSPS) is 34.6. The monoisotopic (exact) mass is 494 g/mol. The van der Waals surface area contributed by atoms with E-state index in [2.05, 4.69) is 0 Å². The summed E-state index contributed by atoms with van der Waals surface area (Å²) in [4.78, 5) is 45.3. The number of benzene rings is 1. The zero-order chi connectivity index (χ0) is 25.9. The summed E-state index contributed by atoms with van der Waals surface area (Å²) in [6.45, 7) is 7.83. The highest BCUT2D eigenvalue weighted by molar-refractivity contribution is 5.99. The van der Waals surface area contributed by atoms with E-state index in [1.807, 2.05) is 76.3 Å². The maximum atomic E-state index is 14.4. The first kappa shape index (κ1) is 24.7. The molecule has 192 valence electrons. The predicted octanol–water partition coefficient (Wildman–Crippen LogP) is 2.39. The van der Waals surface area contributed by atoms with Crippen LogP contribution in [0.2, 0.25) is 0 Å². The number of cyclic esters (lactones) is 1. The summed E-state index contributed by atoms with van der Waals surface area (Å²) in [7, 11) is 0. The Bertz CT molecular complexity index is 1120. The van der Waals surface area contributed by atoms with Gasteiger partial charge < -0.3 is 24.4 Å². The third kappa shape index (κ3) is 3.38. The minimum absolute atomic E-state index is 0.108. The number of ether oxygens (including phenoxy) is 2. The van der Waals surface area contributed by atoms with Gasteiger partial charge in [-0.05, 0) is 38.8 Å². The van der Waals surface area contributed by atoms with Crippen LogP contribution in [0.4, 0.5) is 0 Å². The summed E-state index contributed by atoms with van der Waals surface area (Å²) in [6, 6.07) is 7.34. The molecular formula is C28H34N2O6. The summed E-state index contributed by atoms with van der Waals surface area (Å²) in [6.07, 6.45) is 7.70. The maximum absolute atomic E-state index is 14.4. The van der Waals surface area contributed by atoms with E-state index in [0.29, 0.717) is 18.5 Å². The molecule has 0 bridgehead atoms. The minimum atomic E-state index is -1.38. The summed E-state index contributed by atoms with van der Waals surface area (Å²) in [5, 5.41) is 10.5. The molecule has 8 heteroatoms. The molecule has 1 aromatic rings. The molecule has 2 amide bonds. The molecule has 0 radical (unpaired) electrons. The van der Waals surface area contributed by atoms with Crippen LogP contribution in [-0.4, -0.2) is 75.2 Å². The zero-order valence-electron chi connectivity index (χ0n) is 21.2. The lowest BCUT2D eigenvalue weighted by molar-refractivity contribution is -0.162. The first-order chi connectivity index (χ1) is 17.1. The molecule has 2 fully saturated rings. The molecule has 5 rings (SSSR count). The lowest BCUT2D eigenvalue weighted by Gasteiger charge is -2.43. The largest absolute Gasteiger partial charge is 0.461 e. The summed E-state index contributed by atoms with van der Waals surface area (Å²) < 4.78 is 12.3. The predicted molar refractivity (Wildman–Crippen MR) is 131 cm³/mol. The zero-order valence-corrected chi connectivity index (χ0v) is 21.2. The number of carbonyl (C=O) groups is 3. The Labute approximate surface area is 211 Å². The van der Waals surface area contributed by atoms with Crippen molar-refractivity contribution < 1.29 is 29.0 Å². The standard InChI is InChI=1S/C28H34N2O6/c1-5-27-13-10-16-35-25(34)21(27)20-23(32)30(19(17-31)18-11-7-6-8-12-18)22-24(33)29(26(2,3)4)15-9-14-28(20,22)36-27/h6-14,19-22,31H,5,15-17H2,1-4H3/t19-,20+,21-,22?,27+,28+/m1/s1. The van der Waals surface area contributed by atoms with Gasteiger partial charge in [0.1, 0.15) is 29.8 Å². The number of fused-ring (bicyclic) bond motifs is 2. The molecule has 0 aliphatic carbocycles. The molecule has 4 aliphatic heterocycles. The molecule has 0 saturated carbocycles. The Balaban J connectivity index is 1.73. The first-order valence-corrected chi connectivity index (χ1v) is 12.6. The molecule has 1 unspecified atom stereocenters. The van der Waals surface area contributed by atoms with Crippen LogP contribution < -0.4 is 0 Å². The molecule has 1 aromatic carbocycles. The Hall–Kier alpha value is -2.97. The van der Waals surface area contributed by atoms with E-state index in [4.69, 9.17) is 9.47 Å². The number of esters is 1. The molecule has 4 heterocycles. The summed E-state index contributed by atoms with van der Waals surface area (Å²) in [5.41, 5.74) is -2.26. The fraction of sp³-hybridized carbons (Fsp3) is 0.536. The van der Waals surface area contributed by atoms with Crippen LogP contribution in [0, 0.1) is 11.8 Å². The van der Waals surface area contributed by atoms with Crippen molar-refractivity contribution in [3.8, 4) is 0 Å². The molecule has 8 nitrogen and oxygen atoms in total. The number of carbonyl (C=O) groups excluding carboxylic acids is 3. The van der Waals surface area contributed by atoms with Crippen LogP contribution in [0.5, 0.6) is 0 Å². The van der Waals surface area contributed by atoms with E-state index in [1.54, 1.807) is 11.0 Å². The number of rotatable bonds is 4. The Morgan fingerprint density at radius 1 is 1.06 bits per heavy atom. The van der Waals surface area contributed by atoms with Crippen molar-refractivity contribution >= 4 is 17.8 Å². The van der Waals surface area contributed by atoms with Crippen molar-refractivity contribution in [2.75, 3.05) is 19.8 Å². The second-order valence-electron chi connectivity index (χ2n) is 11.0. The van der Waals surface area contributed by atoms with Gasteiger partial charge in [0, 0.05) is 12.1 Å². The van der Waals surface area contributed by atoms with Crippen LogP contribution in [-0.2, 0) is 23.9 Å². The summed E-state index contributed by atoms with van der Waals surface area (Å²) in [5.74, 6) is -3.02. The Morgan fingerprint density at radius 3 is 2.42 bits per heavy atom. The molecule has 1 spiro atoms. The van der Waals surface area contributed by atoms with Crippen molar-refractivity contribution in [1.82, 2.24) is 9.80 Å². The Morgan fingerprint density at radius 2 is 1.78 bits per heavy atom. The van der Waals surface area contributed by atoms with Gasteiger partial charge in [0.2, 0.25) is 11.8 Å². The third-order valence-electron chi connectivity index (χ3n) is 8.14. The highest BCUT2D eigenvalue weighted by atomic mass is 16.6. The van der Waals surface area contributed by atoms with E-state index in [-0.39, 0.29) is 25.0 Å². The average molecular weight is 495 g/mol. The molecular weight excluding hydrogens is 460 g/mol. The second-order valence-corrected chi connectivity index (χ2v) is 11.0. The smallest absolute Gasteiger partial charge is 0.313 e. The number of amides is 2. The molecule has 36 heavy (non-hydrogen) atoms. The van der Waals surface area contributed by atoms with Crippen molar-refractivity contribution in [2.24, 2.45) is 11.8 Å².